The summed E-state index contributed by atoms with van der Waals surface area (Å²) in [6.07, 6.45) is 0. The number of nitrogens with zero attached hydrogens (tertiary/aromatic N) is 3. The Labute approximate surface area is 119 Å². The largest absolute Gasteiger partial charge is 0.481 e. The van der Waals surface area contributed by atoms with Gasteiger partial charge in [-0.1, -0.05) is 30.3 Å². The topological polar surface area (TPSA) is 64.3 Å². The van der Waals surface area contributed by atoms with Crippen molar-refractivity contribution in [2.75, 3.05) is 25.1 Å². The minimum atomic E-state index is 0.568. The van der Waals surface area contributed by atoms with Crippen molar-refractivity contribution in [1.29, 1.82) is 0 Å². The third kappa shape index (κ3) is 3.68. The quantitative estimate of drug-likeness (QED) is 0.868. The maximum atomic E-state index is 5.71. The van der Waals surface area contributed by atoms with Crippen molar-refractivity contribution in [3.63, 3.8) is 0 Å². The minimum absolute atomic E-state index is 0.568. The number of benzene rings is 1. The lowest BCUT2D eigenvalue weighted by Crippen LogP contribution is -2.30. The predicted octanol–water partition coefficient (Wildman–Crippen LogP) is 1.76. The van der Waals surface area contributed by atoms with Crippen molar-refractivity contribution in [2.45, 2.75) is 13.5 Å². The number of nitrogens with two attached hydrogens (primary N) is 1. The molecule has 0 spiro atoms. The smallest absolute Gasteiger partial charge is 0.218 e. The highest BCUT2D eigenvalue weighted by atomic mass is 16.5. The summed E-state index contributed by atoms with van der Waals surface area (Å²) in [5.74, 6) is 2.10. The Kier molecular flexibility index (Phi) is 4.90. The van der Waals surface area contributed by atoms with Crippen molar-refractivity contribution in [2.24, 2.45) is 5.73 Å². The number of rotatable bonds is 6. The molecule has 0 aliphatic rings. The molecule has 20 heavy (non-hydrogen) atoms. The van der Waals surface area contributed by atoms with Crippen LogP contribution in [0.4, 0.5) is 5.82 Å². The third-order valence-electron chi connectivity index (χ3n) is 2.95. The second-order valence-electron chi connectivity index (χ2n) is 4.51. The SMILES string of the molecule is COc1cc(N(CCN)Cc2ccccc2)nc(C)n1. The molecule has 2 N–H and O–H groups in total. The van der Waals surface area contributed by atoms with Crippen molar-refractivity contribution in [3.05, 3.63) is 47.8 Å². The Hall–Kier alpha value is -2.14. The Balaban J connectivity index is 2.26. The fourth-order valence-corrected chi connectivity index (χ4v) is 2.03. The van der Waals surface area contributed by atoms with Gasteiger partial charge in [-0.05, 0) is 12.5 Å². The number of methoxy groups -OCH3 is 1. The summed E-state index contributed by atoms with van der Waals surface area (Å²) in [7, 11) is 1.61. The normalized spacial score (nSPS) is 10.3. The van der Waals surface area contributed by atoms with Crippen LogP contribution in [0.3, 0.4) is 0 Å². The molecule has 5 nitrogen and oxygen atoms in total. The van der Waals surface area contributed by atoms with Crippen molar-refractivity contribution in [1.82, 2.24) is 9.97 Å². The Morgan fingerprint density at radius 2 is 1.95 bits per heavy atom. The maximum absolute atomic E-state index is 5.71. The molecule has 2 rings (SSSR count). The van der Waals surface area contributed by atoms with Gasteiger partial charge in [-0.15, -0.1) is 0 Å². The van der Waals surface area contributed by atoms with Crippen molar-refractivity contribution < 1.29 is 4.74 Å². The first-order chi connectivity index (χ1) is 9.72. The van der Waals surface area contributed by atoms with Gasteiger partial charge in [-0.2, -0.15) is 4.98 Å². The molecule has 0 saturated heterocycles. The van der Waals surface area contributed by atoms with E-state index in [0.29, 0.717) is 18.2 Å². The number of aromatic nitrogens is 2. The molecule has 0 bridgehead atoms. The first-order valence-corrected chi connectivity index (χ1v) is 6.61. The van der Waals surface area contributed by atoms with Gasteiger partial charge in [0.2, 0.25) is 5.88 Å². The molecule has 0 fully saturated rings. The molecule has 0 amide bonds. The van der Waals surface area contributed by atoms with E-state index in [4.69, 9.17) is 10.5 Å². The van der Waals surface area contributed by atoms with Gasteiger partial charge in [0.05, 0.1) is 7.11 Å². The molecule has 106 valence electrons. The first kappa shape index (κ1) is 14.3. The van der Waals surface area contributed by atoms with Gasteiger partial charge in [-0.25, -0.2) is 4.98 Å². The van der Waals surface area contributed by atoms with E-state index in [-0.39, 0.29) is 0 Å². The number of anilines is 1. The van der Waals surface area contributed by atoms with E-state index in [2.05, 4.69) is 27.0 Å². The summed E-state index contributed by atoms with van der Waals surface area (Å²) in [5.41, 5.74) is 6.93. The minimum Gasteiger partial charge on any atom is -0.481 e. The van der Waals surface area contributed by atoms with Gasteiger partial charge >= 0.3 is 0 Å². The highest BCUT2D eigenvalue weighted by Crippen LogP contribution is 2.19. The van der Waals surface area contributed by atoms with Crippen LogP contribution < -0.4 is 15.4 Å². The fourth-order valence-electron chi connectivity index (χ4n) is 2.03. The summed E-state index contributed by atoms with van der Waals surface area (Å²) in [5, 5.41) is 0. The van der Waals surface area contributed by atoms with Gasteiger partial charge in [0, 0.05) is 25.7 Å². The van der Waals surface area contributed by atoms with Crippen molar-refractivity contribution >= 4 is 5.82 Å². The standard InChI is InChI=1S/C15H20N4O/c1-12-17-14(10-15(18-12)20-2)19(9-8-16)11-13-6-4-3-5-7-13/h3-7,10H,8-9,11,16H2,1-2H3. The Bertz CT molecular complexity index is 545. The Morgan fingerprint density at radius 1 is 1.20 bits per heavy atom. The summed E-state index contributed by atoms with van der Waals surface area (Å²) in [6.45, 7) is 3.92. The van der Waals surface area contributed by atoms with E-state index in [1.165, 1.54) is 5.56 Å². The first-order valence-electron chi connectivity index (χ1n) is 6.61. The van der Waals surface area contributed by atoms with Gasteiger partial charge in [0.1, 0.15) is 11.6 Å². The molecule has 1 heterocycles. The number of hydrogen-bond donors (Lipinski definition) is 1. The van der Waals surface area contributed by atoms with E-state index in [0.717, 1.165) is 18.9 Å². The van der Waals surface area contributed by atoms with Crippen LogP contribution in [-0.2, 0) is 6.54 Å². The number of aryl methyl sites for hydroxylation is 1. The van der Waals surface area contributed by atoms with E-state index >= 15 is 0 Å². The summed E-state index contributed by atoms with van der Waals surface area (Å²) in [6, 6.07) is 12.1. The maximum Gasteiger partial charge on any atom is 0.218 e. The molecule has 0 saturated carbocycles. The van der Waals surface area contributed by atoms with Crippen molar-refractivity contribution in [3.8, 4) is 5.88 Å². The van der Waals surface area contributed by atoms with E-state index in [1.807, 2.05) is 31.2 Å². The molecule has 0 unspecified atom stereocenters. The van der Waals surface area contributed by atoms with Crippen LogP contribution in [0.25, 0.3) is 0 Å². The number of ether oxygens (including phenoxy) is 1. The lowest BCUT2D eigenvalue weighted by atomic mass is 10.2. The zero-order chi connectivity index (χ0) is 14.4. The molecule has 0 atom stereocenters. The monoisotopic (exact) mass is 272 g/mol. The average Bonchev–Trinajstić information content (AvgIpc) is 2.47. The molecule has 5 heteroatoms. The highest BCUT2D eigenvalue weighted by molar-refractivity contribution is 5.42. The van der Waals surface area contributed by atoms with Gasteiger partial charge in [-0.3, -0.25) is 0 Å². The molecule has 1 aromatic carbocycles. The van der Waals surface area contributed by atoms with Gasteiger partial charge < -0.3 is 15.4 Å². The second-order valence-corrected chi connectivity index (χ2v) is 4.51. The number of hydrogen-bond acceptors (Lipinski definition) is 5. The fraction of sp³-hybridized carbons (Fsp3) is 0.333. The predicted molar refractivity (Wildman–Crippen MR) is 79.9 cm³/mol. The molecule has 0 radical (unpaired) electrons. The van der Waals surface area contributed by atoms with Crippen LogP contribution in [-0.4, -0.2) is 30.2 Å². The van der Waals surface area contributed by atoms with Crippen LogP contribution in [0.1, 0.15) is 11.4 Å². The molecule has 1 aromatic heterocycles. The van der Waals surface area contributed by atoms with E-state index in [1.54, 1.807) is 7.11 Å². The highest BCUT2D eigenvalue weighted by Gasteiger charge is 2.11. The van der Waals surface area contributed by atoms with Crippen LogP contribution >= 0.6 is 0 Å². The lowest BCUT2D eigenvalue weighted by molar-refractivity contribution is 0.395. The molecule has 0 aliphatic carbocycles. The van der Waals surface area contributed by atoms with Crippen LogP contribution in [0.15, 0.2) is 36.4 Å². The Morgan fingerprint density at radius 3 is 2.60 bits per heavy atom. The van der Waals surface area contributed by atoms with E-state index < -0.39 is 0 Å². The molecule has 0 aliphatic heterocycles. The molecular formula is C15H20N4O. The van der Waals surface area contributed by atoms with Crippen LogP contribution in [0, 0.1) is 6.92 Å². The average molecular weight is 272 g/mol. The summed E-state index contributed by atoms with van der Waals surface area (Å²) in [4.78, 5) is 10.8. The molecule has 2 aromatic rings. The lowest BCUT2D eigenvalue weighted by Gasteiger charge is -2.23. The second kappa shape index (κ2) is 6.86. The molecular weight excluding hydrogens is 252 g/mol. The van der Waals surface area contributed by atoms with Crippen LogP contribution in [0.2, 0.25) is 0 Å². The summed E-state index contributed by atoms with van der Waals surface area (Å²) < 4.78 is 5.21. The van der Waals surface area contributed by atoms with E-state index in [9.17, 15) is 0 Å². The van der Waals surface area contributed by atoms with Gasteiger partial charge in [0.15, 0.2) is 0 Å². The van der Waals surface area contributed by atoms with Gasteiger partial charge in [0.25, 0.3) is 0 Å². The third-order valence-corrected chi connectivity index (χ3v) is 2.95. The zero-order valence-electron chi connectivity index (χ0n) is 11.9. The summed E-state index contributed by atoms with van der Waals surface area (Å²) >= 11 is 0. The zero-order valence-corrected chi connectivity index (χ0v) is 11.9. The van der Waals surface area contributed by atoms with Crippen LogP contribution in [0.5, 0.6) is 5.88 Å².